The third-order valence-corrected chi connectivity index (χ3v) is 5.29. The van der Waals surface area contributed by atoms with Crippen LogP contribution in [0.5, 0.6) is 5.75 Å². The van der Waals surface area contributed by atoms with Gasteiger partial charge in [-0.1, -0.05) is 43.3 Å². The molecule has 1 amide bonds. The number of carbonyl (C=O) groups is 1. The molecular weight excluding hydrogens is 329 g/mol. The minimum Gasteiger partial charge on any atom is -0.494 e. The third kappa shape index (κ3) is 3.09. The molecule has 3 rings (SSSR count). The molecule has 1 saturated carbocycles. The fourth-order valence-corrected chi connectivity index (χ4v) is 3.74. The number of halogens is 1. The van der Waals surface area contributed by atoms with Crippen molar-refractivity contribution in [1.29, 1.82) is 0 Å². The first-order valence-electron chi connectivity index (χ1n) is 9.30. The van der Waals surface area contributed by atoms with Crippen molar-refractivity contribution in [2.24, 2.45) is 0 Å². The van der Waals surface area contributed by atoms with E-state index in [1.165, 1.54) is 6.07 Å². The predicted octanol–water partition coefficient (Wildman–Crippen LogP) is 4.54. The number of ether oxygens (including phenoxy) is 1. The summed E-state index contributed by atoms with van der Waals surface area (Å²) < 4.78 is 20.7. The molecule has 0 saturated heterocycles. The number of carbonyl (C=O) groups excluding carboxylic acids is 1. The topological polar surface area (TPSA) is 29.5 Å². The molecule has 2 aromatic rings. The van der Waals surface area contributed by atoms with Crippen molar-refractivity contribution in [2.75, 3.05) is 13.7 Å². The number of hydrogen-bond acceptors (Lipinski definition) is 2. The Morgan fingerprint density at radius 3 is 2.31 bits per heavy atom. The predicted molar refractivity (Wildman–Crippen MR) is 101 cm³/mol. The number of para-hydroxylation sites is 1. The van der Waals surface area contributed by atoms with Crippen LogP contribution in [0.2, 0.25) is 0 Å². The van der Waals surface area contributed by atoms with Crippen LogP contribution in [0.3, 0.4) is 0 Å². The van der Waals surface area contributed by atoms with E-state index in [0.717, 1.165) is 18.4 Å². The van der Waals surface area contributed by atoms with Gasteiger partial charge in [0.1, 0.15) is 17.0 Å². The Morgan fingerprint density at radius 1 is 1.12 bits per heavy atom. The average molecular weight is 355 g/mol. The van der Waals surface area contributed by atoms with Crippen LogP contribution in [0, 0.1) is 5.82 Å². The number of likely N-dealkylation sites (N-methyl/N-ethyl adjacent to an activating group) is 1. The molecule has 0 heterocycles. The molecule has 26 heavy (non-hydrogen) atoms. The van der Waals surface area contributed by atoms with Crippen molar-refractivity contribution in [3.8, 4) is 5.75 Å². The van der Waals surface area contributed by atoms with E-state index < -0.39 is 5.41 Å². The molecule has 4 heteroatoms. The lowest BCUT2D eigenvalue weighted by Gasteiger charge is -2.37. The van der Waals surface area contributed by atoms with E-state index in [0.29, 0.717) is 24.3 Å². The fraction of sp³-hybridized carbons (Fsp3) is 0.409. The SMILES string of the molecule is CCOc1ccccc1C(CC)(C(=O)N(C)C1CC1)c1ccccc1F. The van der Waals surface area contributed by atoms with Crippen molar-refractivity contribution < 1.29 is 13.9 Å². The van der Waals surface area contributed by atoms with E-state index in [-0.39, 0.29) is 17.8 Å². The van der Waals surface area contributed by atoms with Crippen LogP contribution < -0.4 is 4.74 Å². The molecular formula is C22H26FNO2. The molecule has 0 spiro atoms. The van der Waals surface area contributed by atoms with Gasteiger partial charge in [-0.15, -0.1) is 0 Å². The number of nitrogens with zero attached hydrogens (tertiary/aromatic N) is 1. The normalized spacial score (nSPS) is 16.0. The summed E-state index contributed by atoms with van der Waals surface area (Å²) in [6, 6.07) is 14.3. The maximum Gasteiger partial charge on any atom is 0.237 e. The van der Waals surface area contributed by atoms with Crippen LogP contribution in [-0.4, -0.2) is 30.5 Å². The Hall–Kier alpha value is -2.36. The summed E-state index contributed by atoms with van der Waals surface area (Å²) in [5.74, 6) is 0.204. The summed E-state index contributed by atoms with van der Waals surface area (Å²) in [6.45, 7) is 4.33. The molecule has 1 unspecified atom stereocenters. The van der Waals surface area contributed by atoms with E-state index in [9.17, 15) is 9.18 Å². The van der Waals surface area contributed by atoms with Gasteiger partial charge in [-0.2, -0.15) is 0 Å². The lowest BCUT2D eigenvalue weighted by atomic mass is 9.70. The van der Waals surface area contributed by atoms with Crippen LogP contribution in [0.1, 0.15) is 44.2 Å². The van der Waals surface area contributed by atoms with Gasteiger partial charge in [-0.3, -0.25) is 4.79 Å². The average Bonchev–Trinajstić information content (AvgIpc) is 3.50. The maximum atomic E-state index is 14.9. The zero-order valence-corrected chi connectivity index (χ0v) is 15.7. The number of amides is 1. The molecule has 3 nitrogen and oxygen atoms in total. The Balaban J connectivity index is 2.25. The standard InChI is InChI=1S/C22H26FNO2/c1-4-22(17-10-6-8-12-19(17)23,21(25)24(3)16-14-15-16)18-11-7-9-13-20(18)26-5-2/h6-13,16H,4-5,14-15H2,1-3H3. The van der Waals surface area contributed by atoms with E-state index >= 15 is 0 Å². The molecule has 138 valence electrons. The lowest BCUT2D eigenvalue weighted by molar-refractivity contribution is -0.135. The van der Waals surface area contributed by atoms with E-state index in [1.807, 2.05) is 45.2 Å². The van der Waals surface area contributed by atoms with Crippen LogP contribution in [0.25, 0.3) is 0 Å². The van der Waals surface area contributed by atoms with Crippen LogP contribution in [0.15, 0.2) is 48.5 Å². The van der Waals surface area contributed by atoms with Crippen molar-refractivity contribution >= 4 is 5.91 Å². The molecule has 0 bridgehead atoms. The first kappa shape index (κ1) is 18.4. The van der Waals surface area contributed by atoms with Gasteiger partial charge >= 0.3 is 0 Å². The van der Waals surface area contributed by atoms with Crippen LogP contribution in [0.4, 0.5) is 4.39 Å². The molecule has 1 aliphatic carbocycles. The van der Waals surface area contributed by atoms with Gasteiger partial charge in [0.25, 0.3) is 0 Å². The fourth-order valence-electron chi connectivity index (χ4n) is 3.74. The minimum atomic E-state index is -1.10. The molecule has 0 aromatic heterocycles. The molecule has 0 radical (unpaired) electrons. The van der Waals surface area contributed by atoms with Crippen molar-refractivity contribution in [2.45, 2.75) is 44.6 Å². The number of hydrogen-bond donors (Lipinski definition) is 0. The highest BCUT2D eigenvalue weighted by atomic mass is 19.1. The first-order chi connectivity index (χ1) is 12.6. The van der Waals surface area contributed by atoms with Gasteiger partial charge in [0.15, 0.2) is 0 Å². The Kier molecular flexibility index (Phi) is 5.30. The van der Waals surface area contributed by atoms with Crippen LogP contribution in [-0.2, 0) is 10.2 Å². The Bertz CT molecular complexity index is 787. The molecule has 1 aliphatic rings. The summed E-state index contributed by atoms with van der Waals surface area (Å²) in [5.41, 5.74) is 0.0353. The third-order valence-electron chi connectivity index (χ3n) is 5.29. The maximum absolute atomic E-state index is 14.9. The first-order valence-corrected chi connectivity index (χ1v) is 9.30. The Morgan fingerprint density at radius 2 is 1.73 bits per heavy atom. The second-order valence-corrected chi connectivity index (χ2v) is 6.82. The summed E-state index contributed by atoms with van der Waals surface area (Å²) in [7, 11) is 1.83. The second kappa shape index (κ2) is 7.48. The van der Waals surface area contributed by atoms with Gasteiger partial charge in [0, 0.05) is 24.2 Å². The molecule has 1 fully saturated rings. The summed E-state index contributed by atoms with van der Waals surface area (Å²) in [5, 5.41) is 0. The summed E-state index contributed by atoms with van der Waals surface area (Å²) >= 11 is 0. The highest BCUT2D eigenvalue weighted by Crippen LogP contribution is 2.44. The van der Waals surface area contributed by atoms with E-state index in [2.05, 4.69) is 0 Å². The van der Waals surface area contributed by atoms with Crippen molar-refractivity contribution in [3.63, 3.8) is 0 Å². The summed E-state index contributed by atoms with van der Waals surface area (Å²) in [6.07, 6.45) is 2.47. The second-order valence-electron chi connectivity index (χ2n) is 6.82. The number of rotatable bonds is 7. The Labute approximate surface area is 154 Å². The van der Waals surface area contributed by atoms with Gasteiger partial charge < -0.3 is 9.64 Å². The quantitative estimate of drug-likeness (QED) is 0.730. The zero-order valence-electron chi connectivity index (χ0n) is 15.7. The highest BCUT2D eigenvalue weighted by molar-refractivity contribution is 5.93. The van der Waals surface area contributed by atoms with Gasteiger partial charge in [0.05, 0.1) is 6.61 Å². The molecule has 2 aromatic carbocycles. The summed E-state index contributed by atoms with van der Waals surface area (Å²) in [4.78, 5) is 15.5. The van der Waals surface area contributed by atoms with Crippen molar-refractivity contribution in [3.05, 3.63) is 65.5 Å². The lowest BCUT2D eigenvalue weighted by Crippen LogP contribution is -2.47. The van der Waals surface area contributed by atoms with Crippen molar-refractivity contribution in [1.82, 2.24) is 4.90 Å². The van der Waals surface area contributed by atoms with Crippen LogP contribution >= 0.6 is 0 Å². The largest absolute Gasteiger partial charge is 0.494 e. The van der Waals surface area contributed by atoms with Gasteiger partial charge in [0.2, 0.25) is 5.91 Å². The van der Waals surface area contributed by atoms with E-state index in [4.69, 9.17) is 4.74 Å². The van der Waals surface area contributed by atoms with Gasteiger partial charge in [-0.05, 0) is 38.3 Å². The van der Waals surface area contributed by atoms with E-state index in [1.54, 1.807) is 23.1 Å². The number of benzene rings is 2. The molecule has 1 atom stereocenters. The molecule has 0 N–H and O–H groups in total. The molecule has 0 aliphatic heterocycles. The monoisotopic (exact) mass is 355 g/mol. The highest BCUT2D eigenvalue weighted by Gasteiger charge is 2.48. The zero-order chi connectivity index (χ0) is 18.7. The smallest absolute Gasteiger partial charge is 0.237 e. The minimum absolute atomic E-state index is 0.0697. The van der Waals surface area contributed by atoms with Gasteiger partial charge in [-0.25, -0.2) is 4.39 Å².